The molecule has 4 fully saturated rings. The Kier molecular flexibility index (Phi) is 6.60. The highest BCUT2D eigenvalue weighted by Gasteiger charge is 2.44. The highest BCUT2D eigenvalue weighted by molar-refractivity contribution is 5.86. The van der Waals surface area contributed by atoms with Crippen LogP contribution in [0.4, 0.5) is 11.5 Å². The molecule has 0 aromatic carbocycles. The first-order valence-corrected chi connectivity index (χ1v) is 14.8. The summed E-state index contributed by atoms with van der Waals surface area (Å²) in [6.07, 6.45) is 11.4. The maximum atomic E-state index is 10.1. The van der Waals surface area contributed by atoms with Crippen molar-refractivity contribution in [3.63, 3.8) is 0 Å². The second-order valence-electron chi connectivity index (χ2n) is 11.8. The molecule has 8 heterocycles. The van der Waals surface area contributed by atoms with E-state index in [1.807, 2.05) is 12.4 Å². The van der Waals surface area contributed by atoms with Crippen molar-refractivity contribution in [2.24, 2.45) is 0 Å². The number of piperidine rings is 1. The molecule has 0 radical (unpaired) electrons. The van der Waals surface area contributed by atoms with Crippen molar-refractivity contribution >= 4 is 17.0 Å². The third kappa shape index (κ3) is 4.71. The third-order valence-corrected chi connectivity index (χ3v) is 9.11. The van der Waals surface area contributed by atoms with Crippen molar-refractivity contribution in [3.05, 3.63) is 71.4 Å². The van der Waals surface area contributed by atoms with Gasteiger partial charge in [-0.05, 0) is 55.5 Å². The lowest BCUT2D eigenvalue weighted by molar-refractivity contribution is -0.00877. The summed E-state index contributed by atoms with van der Waals surface area (Å²) in [6.45, 7) is 8.64. The van der Waals surface area contributed by atoms with E-state index >= 15 is 0 Å². The van der Waals surface area contributed by atoms with Gasteiger partial charge in [0.2, 0.25) is 0 Å². The SMILES string of the molecule is CCCc1cc(CN2C3CC2CN(c2ccc(-c4cc(N5CCC(O)C5)cn5ncc(C#N)c45)cn2)C3)cnc1C. The van der Waals surface area contributed by atoms with Gasteiger partial charge in [0, 0.05) is 74.0 Å². The molecule has 4 aliphatic heterocycles. The number of aromatic nitrogens is 4. The van der Waals surface area contributed by atoms with Crippen LogP contribution in [0.2, 0.25) is 0 Å². The van der Waals surface area contributed by atoms with Crippen LogP contribution >= 0.6 is 0 Å². The topological polar surface area (TPSA) is 96.8 Å². The minimum absolute atomic E-state index is 0.318. The van der Waals surface area contributed by atoms with Gasteiger partial charge in [-0.15, -0.1) is 0 Å². The number of hydrogen-bond donors (Lipinski definition) is 1. The highest BCUT2D eigenvalue weighted by atomic mass is 16.3. The number of nitrogens with zero attached hydrogens (tertiary/aromatic N) is 8. The number of hydrogen-bond acceptors (Lipinski definition) is 8. The Morgan fingerprint density at radius 1 is 1.05 bits per heavy atom. The Morgan fingerprint density at radius 3 is 2.61 bits per heavy atom. The minimum Gasteiger partial charge on any atom is -0.391 e. The molecule has 4 aromatic rings. The summed E-state index contributed by atoms with van der Waals surface area (Å²) in [4.78, 5) is 16.8. The van der Waals surface area contributed by atoms with Crippen LogP contribution in [0.5, 0.6) is 0 Å². The van der Waals surface area contributed by atoms with Crippen molar-refractivity contribution < 1.29 is 5.11 Å². The zero-order valence-electron chi connectivity index (χ0n) is 23.7. The van der Waals surface area contributed by atoms with Crippen LogP contribution in [0.3, 0.4) is 0 Å². The second-order valence-corrected chi connectivity index (χ2v) is 11.8. The first-order valence-electron chi connectivity index (χ1n) is 14.8. The summed E-state index contributed by atoms with van der Waals surface area (Å²) in [6, 6.07) is 12.0. The standard InChI is InChI=1S/C32H36N8O/c1-3-4-23-9-22(13-34-21(23)2)16-39-27-10-28(39)18-38(17-27)31-6-5-24(14-35-31)30-11-26(37-8-7-29(41)20-37)19-40-32(30)25(12-33)15-36-40/h5-6,9,11,13-15,19,27-29,41H,3-4,7-8,10,16-18,20H2,1-2H3. The number of piperazine rings is 1. The van der Waals surface area contributed by atoms with E-state index in [0.29, 0.717) is 24.2 Å². The summed E-state index contributed by atoms with van der Waals surface area (Å²) in [5.74, 6) is 0.995. The van der Waals surface area contributed by atoms with Crippen molar-refractivity contribution in [1.29, 1.82) is 5.26 Å². The van der Waals surface area contributed by atoms with Gasteiger partial charge >= 0.3 is 0 Å². The second kappa shape index (κ2) is 10.4. The van der Waals surface area contributed by atoms with Crippen LogP contribution in [-0.2, 0) is 13.0 Å². The van der Waals surface area contributed by atoms with Crippen molar-refractivity contribution in [2.75, 3.05) is 36.0 Å². The number of β-amino-alcohol motifs (C(OH)–C–C–N with tert-alkyl or cyclic N) is 1. The molecular formula is C32H36N8O. The molecule has 0 aliphatic carbocycles. The summed E-state index contributed by atoms with van der Waals surface area (Å²) in [7, 11) is 0. The van der Waals surface area contributed by atoms with E-state index in [-0.39, 0.29) is 6.10 Å². The number of aryl methyl sites for hydroxylation is 2. The Bertz CT molecular complexity index is 1610. The molecule has 2 bridgehead atoms. The van der Waals surface area contributed by atoms with Gasteiger partial charge in [0.1, 0.15) is 11.9 Å². The van der Waals surface area contributed by atoms with E-state index in [1.54, 1.807) is 10.7 Å². The van der Waals surface area contributed by atoms with E-state index in [1.165, 1.54) is 17.5 Å². The fourth-order valence-corrected chi connectivity index (χ4v) is 6.87. The summed E-state index contributed by atoms with van der Waals surface area (Å²) >= 11 is 0. The molecule has 3 unspecified atom stereocenters. The van der Waals surface area contributed by atoms with Crippen LogP contribution in [0, 0.1) is 18.3 Å². The first-order chi connectivity index (χ1) is 20.0. The number of anilines is 2. The summed E-state index contributed by atoms with van der Waals surface area (Å²) < 4.78 is 1.78. The van der Waals surface area contributed by atoms with Crippen LogP contribution in [-0.4, -0.2) is 74.0 Å². The molecule has 0 amide bonds. The molecule has 4 saturated heterocycles. The molecule has 9 nitrogen and oxygen atoms in total. The monoisotopic (exact) mass is 548 g/mol. The average Bonchev–Trinajstić information content (AvgIpc) is 3.63. The molecule has 4 aliphatic rings. The lowest BCUT2D eigenvalue weighted by Crippen LogP contribution is -2.68. The molecule has 0 spiro atoms. The zero-order chi connectivity index (χ0) is 28.1. The Hall–Kier alpha value is -4.00. The fourth-order valence-electron chi connectivity index (χ4n) is 6.87. The van der Waals surface area contributed by atoms with Gasteiger partial charge in [-0.3, -0.25) is 9.88 Å². The van der Waals surface area contributed by atoms with Gasteiger partial charge < -0.3 is 14.9 Å². The van der Waals surface area contributed by atoms with E-state index in [0.717, 1.165) is 79.3 Å². The molecule has 1 N–H and O–H groups in total. The largest absolute Gasteiger partial charge is 0.391 e. The van der Waals surface area contributed by atoms with E-state index in [4.69, 9.17) is 4.98 Å². The van der Waals surface area contributed by atoms with Gasteiger partial charge in [-0.1, -0.05) is 19.4 Å². The molecule has 210 valence electrons. The van der Waals surface area contributed by atoms with Crippen LogP contribution in [0.25, 0.3) is 16.6 Å². The number of aliphatic hydroxyl groups is 1. The van der Waals surface area contributed by atoms with Crippen LogP contribution < -0.4 is 9.80 Å². The summed E-state index contributed by atoms with van der Waals surface area (Å²) in [5, 5.41) is 24.3. The molecular weight excluding hydrogens is 512 g/mol. The number of rotatable bonds is 7. The zero-order valence-corrected chi connectivity index (χ0v) is 23.7. The molecule has 0 saturated carbocycles. The van der Waals surface area contributed by atoms with E-state index < -0.39 is 0 Å². The molecule has 41 heavy (non-hydrogen) atoms. The molecule has 3 atom stereocenters. The third-order valence-electron chi connectivity index (χ3n) is 9.11. The van der Waals surface area contributed by atoms with Gasteiger partial charge in [0.05, 0.1) is 35.3 Å². The lowest BCUT2D eigenvalue weighted by atomic mass is 9.86. The van der Waals surface area contributed by atoms with Crippen molar-refractivity contribution in [3.8, 4) is 17.2 Å². The predicted molar refractivity (Wildman–Crippen MR) is 159 cm³/mol. The first kappa shape index (κ1) is 25.9. The van der Waals surface area contributed by atoms with Gasteiger partial charge in [-0.25, -0.2) is 9.50 Å². The summed E-state index contributed by atoms with van der Waals surface area (Å²) in [5.41, 5.74) is 8.04. The van der Waals surface area contributed by atoms with Gasteiger partial charge in [0.25, 0.3) is 0 Å². The Labute approximate surface area is 240 Å². The van der Waals surface area contributed by atoms with Crippen molar-refractivity contribution in [1.82, 2.24) is 24.5 Å². The smallest absolute Gasteiger partial charge is 0.128 e. The Morgan fingerprint density at radius 2 is 1.90 bits per heavy atom. The maximum Gasteiger partial charge on any atom is 0.128 e. The van der Waals surface area contributed by atoms with Gasteiger partial charge in [-0.2, -0.15) is 10.4 Å². The van der Waals surface area contributed by atoms with E-state index in [9.17, 15) is 10.4 Å². The maximum absolute atomic E-state index is 10.1. The molecule has 9 heteroatoms. The minimum atomic E-state index is -0.318. The number of pyridine rings is 3. The van der Waals surface area contributed by atoms with Crippen LogP contribution in [0.1, 0.15) is 48.6 Å². The van der Waals surface area contributed by atoms with Gasteiger partial charge in [0.15, 0.2) is 0 Å². The van der Waals surface area contributed by atoms with Crippen molar-refractivity contribution in [2.45, 2.75) is 64.3 Å². The predicted octanol–water partition coefficient (Wildman–Crippen LogP) is 3.96. The number of fused-ring (bicyclic) bond motifs is 3. The highest BCUT2D eigenvalue weighted by Crippen LogP contribution is 2.37. The molecule has 8 rings (SSSR count). The normalized spacial score (nSPS) is 22.2. The fraction of sp³-hybridized carbons (Fsp3) is 0.438. The quantitative estimate of drug-likeness (QED) is 0.371. The molecule has 4 aromatic heterocycles. The Balaban J connectivity index is 1.09. The average molecular weight is 549 g/mol. The van der Waals surface area contributed by atoms with Crippen LogP contribution in [0.15, 0.2) is 49.1 Å². The number of nitriles is 1. The number of aliphatic hydroxyl groups excluding tert-OH is 1. The van der Waals surface area contributed by atoms with E-state index in [2.05, 4.69) is 75.2 Å². The lowest BCUT2D eigenvalue weighted by Gasteiger charge is -2.56.